The van der Waals surface area contributed by atoms with Gasteiger partial charge in [0.1, 0.15) is 17.2 Å². The maximum Gasteiger partial charge on any atom is 0.138 e. The van der Waals surface area contributed by atoms with E-state index in [0.29, 0.717) is 38.6 Å². The number of ether oxygens (including phenoxy) is 2. The molecule has 0 fully saturated rings. The molecule has 1 aromatic carbocycles. The zero-order valence-electron chi connectivity index (χ0n) is 11.6. The van der Waals surface area contributed by atoms with Crippen molar-refractivity contribution in [3.8, 4) is 17.0 Å². The number of nitrogen functional groups attached to an aromatic ring is 1. The van der Waals surface area contributed by atoms with Crippen molar-refractivity contribution in [1.82, 2.24) is 4.98 Å². The van der Waals surface area contributed by atoms with Gasteiger partial charge in [-0.15, -0.1) is 0 Å². The van der Waals surface area contributed by atoms with Crippen molar-refractivity contribution < 1.29 is 9.47 Å². The second-order valence-electron chi connectivity index (χ2n) is 4.23. The number of benzene rings is 1. The van der Waals surface area contributed by atoms with E-state index in [1.165, 1.54) is 7.11 Å². The summed E-state index contributed by atoms with van der Waals surface area (Å²) < 4.78 is 10.4. The molecule has 1 heterocycles. The Bertz CT molecular complexity index is 702. The lowest BCUT2D eigenvalue weighted by Gasteiger charge is -2.13. The first-order valence-electron chi connectivity index (χ1n) is 6.01. The van der Waals surface area contributed by atoms with E-state index in [9.17, 15) is 0 Å². The summed E-state index contributed by atoms with van der Waals surface area (Å²) in [5.74, 6) is 0.923. The van der Waals surface area contributed by atoms with Gasteiger partial charge in [0.2, 0.25) is 0 Å². The fraction of sp³-hybridized carbons (Fsp3) is 0.133. The van der Waals surface area contributed by atoms with Gasteiger partial charge in [0.05, 0.1) is 30.6 Å². The molecule has 21 heavy (non-hydrogen) atoms. The molecule has 2 aromatic rings. The first-order chi connectivity index (χ1) is 9.97. The molecule has 0 amide bonds. The highest BCUT2D eigenvalue weighted by Gasteiger charge is 2.16. The van der Waals surface area contributed by atoms with Crippen LogP contribution in [0.15, 0.2) is 30.8 Å². The van der Waals surface area contributed by atoms with Crippen LogP contribution in [0.25, 0.3) is 17.0 Å². The maximum absolute atomic E-state index is 6.14. The average Bonchev–Trinajstić information content (AvgIpc) is 2.49. The summed E-state index contributed by atoms with van der Waals surface area (Å²) in [6.45, 7) is 3.76. The van der Waals surface area contributed by atoms with Gasteiger partial charge in [-0.1, -0.05) is 29.8 Å². The highest BCUT2D eigenvalue weighted by molar-refractivity contribution is 6.34. The van der Waals surface area contributed by atoms with Gasteiger partial charge in [-0.25, -0.2) is 4.98 Å². The smallest absolute Gasteiger partial charge is 0.138 e. The fourth-order valence-electron chi connectivity index (χ4n) is 1.85. The van der Waals surface area contributed by atoms with Crippen LogP contribution in [-0.4, -0.2) is 19.2 Å². The van der Waals surface area contributed by atoms with Gasteiger partial charge in [0, 0.05) is 10.6 Å². The van der Waals surface area contributed by atoms with Crippen molar-refractivity contribution >= 4 is 34.6 Å². The number of nitrogens with two attached hydrogens (primary N) is 1. The van der Waals surface area contributed by atoms with Gasteiger partial charge < -0.3 is 15.2 Å². The third kappa shape index (κ3) is 3.06. The zero-order chi connectivity index (χ0) is 15.6. The second-order valence-corrected chi connectivity index (χ2v) is 5.05. The number of aromatic nitrogens is 1. The van der Waals surface area contributed by atoms with Crippen LogP contribution < -0.4 is 10.5 Å². The summed E-state index contributed by atoms with van der Waals surface area (Å²) in [6.07, 6.45) is 0. The van der Waals surface area contributed by atoms with E-state index < -0.39 is 0 Å². The van der Waals surface area contributed by atoms with Crippen LogP contribution in [0.5, 0.6) is 5.75 Å². The lowest BCUT2D eigenvalue weighted by Crippen LogP contribution is -2.00. The SMILES string of the molecule is C=C(OC)c1nc(-c2ccc(Cl)cc2OC)cc(N)c1Cl. The summed E-state index contributed by atoms with van der Waals surface area (Å²) >= 11 is 12.1. The number of rotatable bonds is 4. The molecule has 0 saturated carbocycles. The molecule has 110 valence electrons. The molecule has 1 aromatic heterocycles. The minimum atomic E-state index is 0.304. The van der Waals surface area contributed by atoms with Crippen LogP contribution in [0.4, 0.5) is 5.69 Å². The van der Waals surface area contributed by atoms with Crippen LogP contribution in [0.1, 0.15) is 5.69 Å². The van der Waals surface area contributed by atoms with E-state index in [0.717, 1.165) is 5.56 Å². The van der Waals surface area contributed by atoms with Crippen molar-refractivity contribution in [1.29, 1.82) is 0 Å². The second kappa shape index (κ2) is 6.24. The van der Waals surface area contributed by atoms with Crippen LogP contribution in [0.3, 0.4) is 0 Å². The van der Waals surface area contributed by atoms with E-state index in [1.54, 1.807) is 31.4 Å². The largest absolute Gasteiger partial charge is 0.496 e. The normalized spacial score (nSPS) is 10.3. The molecule has 4 nitrogen and oxygen atoms in total. The third-order valence-electron chi connectivity index (χ3n) is 2.94. The van der Waals surface area contributed by atoms with Crippen LogP contribution in [0.2, 0.25) is 10.0 Å². The summed E-state index contributed by atoms with van der Waals surface area (Å²) in [6, 6.07) is 6.92. The highest BCUT2D eigenvalue weighted by Crippen LogP contribution is 2.36. The Morgan fingerprint density at radius 3 is 2.57 bits per heavy atom. The summed E-state index contributed by atoms with van der Waals surface area (Å²) in [4.78, 5) is 4.45. The molecule has 0 aliphatic rings. The molecule has 0 saturated heterocycles. The molecule has 0 aliphatic carbocycles. The summed E-state index contributed by atoms with van der Waals surface area (Å²) in [7, 11) is 3.05. The lowest BCUT2D eigenvalue weighted by atomic mass is 10.1. The fourth-order valence-corrected chi connectivity index (χ4v) is 2.21. The summed E-state index contributed by atoms with van der Waals surface area (Å²) in [5.41, 5.74) is 8.05. The number of pyridine rings is 1. The number of hydrogen-bond acceptors (Lipinski definition) is 4. The predicted octanol–water partition coefficient (Wildman–Crippen LogP) is 4.26. The molecule has 0 aliphatic heterocycles. The molecule has 0 bridgehead atoms. The number of hydrogen-bond donors (Lipinski definition) is 1. The zero-order valence-corrected chi connectivity index (χ0v) is 13.1. The monoisotopic (exact) mass is 324 g/mol. The average molecular weight is 325 g/mol. The van der Waals surface area contributed by atoms with E-state index in [1.807, 2.05) is 0 Å². The van der Waals surface area contributed by atoms with Crippen molar-refractivity contribution in [2.45, 2.75) is 0 Å². The topological polar surface area (TPSA) is 57.4 Å². The Balaban J connectivity index is 2.65. The van der Waals surface area contributed by atoms with Crippen molar-refractivity contribution in [2.24, 2.45) is 0 Å². The van der Waals surface area contributed by atoms with Crippen molar-refractivity contribution in [2.75, 3.05) is 20.0 Å². The number of nitrogens with zero attached hydrogens (tertiary/aromatic N) is 1. The van der Waals surface area contributed by atoms with Crippen LogP contribution >= 0.6 is 23.2 Å². The van der Waals surface area contributed by atoms with Gasteiger partial charge in [-0.3, -0.25) is 0 Å². The Hall–Kier alpha value is -1.91. The van der Waals surface area contributed by atoms with Crippen molar-refractivity contribution in [3.05, 3.63) is 46.6 Å². The molecular formula is C15H14Cl2N2O2. The van der Waals surface area contributed by atoms with E-state index in [-0.39, 0.29) is 0 Å². The van der Waals surface area contributed by atoms with E-state index >= 15 is 0 Å². The first-order valence-corrected chi connectivity index (χ1v) is 6.76. The van der Waals surface area contributed by atoms with Gasteiger partial charge in [0.15, 0.2) is 0 Å². The van der Waals surface area contributed by atoms with Gasteiger partial charge in [-0.2, -0.15) is 0 Å². The molecule has 0 spiro atoms. The van der Waals surface area contributed by atoms with Crippen molar-refractivity contribution in [3.63, 3.8) is 0 Å². The van der Waals surface area contributed by atoms with Gasteiger partial charge in [0.25, 0.3) is 0 Å². The Labute approximate surface area is 133 Å². The Morgan fingerprint density at radius 2 is 1.95 bits per heavy atom. The summed E-state index contributed by atoms with van der Waals surface area (Å²) in [5, 5.41) is 0.873. The Morgan fingerprint density at radius 1 is 1.24 bits per heavy atom. The molecule has 0 unspecified atom stereocenters. The molecule has 2 N–H and O–H groups in total. The number of anilines is 1. The Kier molecular flexibility index (Phi) is 4.60. The highest BCUT2D eigenvalue weighted by atomic mass is 35.5. The lowest BCUT2D eigenvalue weighted by molar-refractivity contribution is 0.369. The molecule has 2 rings (SSSR count). The molecular weight excluding hydrogens is 311 g/mol. The standard InChI is InChI=1S/C15H14Cl2N2O2/c1-8(20-2)15-14(17)11(18)7-12(19-15)10-5-4-9(16)6-13(10)21-3/h4-7H,1H2,2-3H3,(H2,18,19). The van der Waals surface area contributed by atoms with Gasteiger partial charge >= 0.3 is 0 Å². The molecule has 6 heteroatoms. The predicted molar refractivity (Wildman–Crippen MR) is 86.7 cm³/mol. The minimum Gasteiger partial charge on any atom is -0.496 e. The van der Waals surface area contributed by atoms with E-state index in [4.69, 9.17) is 38.4 Å². The first kappa shape index (κ1) is 15.5. The third-order valence-corrected chi connectivity index (χ3v) is 3.57. The van der Waals surface area contributed by atoms with Crippen LogP contribution in [-0.2, 0) is 4.74 Å². The minimum absolute atomic E-state index is 0.304. The molecule has 0 atom stereocenters. The van der Waals surface area contributed by atoms with Gasteiger partial charge in [-0.05, 0) is 24.3 Å². The number of halogens is 2. The van der Waals surface area contributed by atoms with Crippen LogP contribution in [0, 0.1) is 0 Å². The van der Waals surface area contributed by atoms with E-state index in [2.05, 4.69) is 11.6 Å². The molecule has 0 radical (unpaired) electrons. The quantitative estimate of drug-likeness (QED) is 0.853. The number of methoxy groups -OCH3 is 2. The maximum atomic E-state index is 6.14.